The largest absolute Gasteiger partial charge is 0.395 e. The van der Waals surface area contributed by atoms with Crippen molar-refractivity contribution in [2.75, 3.05) is 27.2 Å². The first-order valence-electron chi connectivity index (χ1n) is 4.08. The Morgan fingerprint density at radius 1 is 1.36 bits per heavy atom. The van der Waals surface area contributed by atoms with E-state index in [0.29, 0.717) is 6.04 Å². The van der Waals surface area contributed by atoms with Crippen molar-refractivity contribution in [3.05, 3.63) is 0 Å². The predicted octanol–water partition coefficient (Wildman–Crippen LogP) is -0.0931. The minimum Gasteiger partial charge on any atom is -0.395 e. The van der Waals surface area contributed by atoms with Crippen molar-refractivity contribution in [3.8, 4) is 0 Å². The molecule has 0 amide bonds. The second-order valence-corrected chi connectivity index (χ2v) is 3.46. The van der Waals surface area contributed by atoms with Crippen LogP contribution in [0.25, 0.3) is 0 Å². The SMILES string of the molecule is CC(C)NC(CO)CN(C)C. The average Bonchev–Trinajstić information content (AvgIpc) is 1.84. The molecule has 0 radical (unpaired) electrons. The zero-order valence-corrected chi connectivity index (χ0v) is 7.96. The summed E-state index contributed by atoms with van der Waals surface area (Å²) in [6.45, 7) is 5.25. The fourth-order valence-electron chi connectivity index (χ4n) is 1.08. The van der Waals surface area contributed by atoms with Gasteiger partial charge < -0.3 is 15.3 Å². The van der Waals surface area contributed by atoms with Gasteiger partial charge in [-0.2, -0.15) is 0 Å². The molecule has 0 aliphatic rings. The van der Waals surface area contributed by atoms with Crippen LogP contribution in [0.5, 0.6) is 0 Å². The molecule has 0 heterocycles. The molecule has 0 aliphatic carbocycles. The van der Waals surface area contributed by atoms with Gasteiger partial charge in [-0.05, 0) is 14.1 Å². The number of rotatable bonds is 5. The lowest BCUT2D eigenvalue weighted by atomic mass is 10.2. The zero-order valence-electron chi connectivity index (χ0n) is 7.96. The van der Waals surface area contributed by atoms with Gasteiger partial charge in [0.2, 0.25) is 0 Å². The highest BCUT2D eigenvalue weighted by molar-refractivity contribution is 4.69. The molecule has 0 aromatic heterocycles. The van der Waals surface area contributed by atoms with Crippen LogP contribution in [0.1, 0.15) is 13.8 Å². The van der Waals surface area contributed by atoms with E-state index in [4.69, 9.17) is 5.11 Å². The van der Waals surface area contributed by atoms with E-state index >= 15 is 0 Å². The molecule has 0 rings (SSSR count). The number of hydrogen-bond acceptors (Lipinski definition) is 3. The molecule has 0 aromatic carbocycles. The van der Waals surface area contributed by atoms with Crippen LogP contribution in [0.3, 0.4) is 0 Å². The lowest BCUT2D eigenvalue weighted by Crippen LogP contribution is -2.44. The number of nitrogens with zero attached hydrogens (tertiary/aromatic N) is 1. The molecular weight excluding hydrogens is 140 g/mol. The fourth-order valence-corrected chi connectivity index (χ4v) is 1.08. The van der Waals surface area contributed by atoms with Crippen molar-refractivity contribution in [2.24, 2.45) is 0 Å². The standard InChI is InChI=1S/C8H20N2O/c1-7(2)9-8(6-11)5-10(3)4/h7-9,11H,5-6H2,1-4H3. The molecule has 0 bridgehead atoms. The maximum absolute atomic E-state index is 8.93. The summed E-state index contributed by atoms with van der Waals surface area (Å²) in [5.74, 6) is 0. The lowest BCUT2D eigenvalue weighted by Gasteiger charge is -2.22. The van der Waals surface area contributed by atoms with Crippen LogP contribution in [0.4, 0.5) is 0 Å². The van der Waals surface area contributed by atoms with E-state index < -0.39 is 0 Å². The van der Waals surface area contributed by atoms with E-state index in [2.05, 4.69) is 24.1 Å². The molecule has 3 nitrogen and oxygen atoms in total. The Morgan fingerprint density at radius 3 is 2.18 bits per heavy atom. The second kappa shape index (κ2) is 5.52. The Kier molecular flexibility index (Phi) is 5.46. The van der Waals surface area contributed by atoms with Gasteiger partial charge in [0.15, 0.2) is 0 Å². The highest BCUT2D eigenvalue weighted by atomic mass is 16.3. The molecule has 3 heteroatoms. The van der Waals surface area contributed by atoms with Crippen molar-refractivity contribution in [3.63, 3.8) is 0 Å². The van der Waals surface area contributed by atoms with Crippen LogP contribution in [-0.2, 0) is 0 Å². The summed E-state index contributed by atoms with van der Waals surface area (Å²) in [6.07, 6.45) is 0. The van der Waals surface area contributed by atoms with Crippen LogP contribution >= 0.6 is 0 Å². The van der Waals surface area contributed by atoms with Crippen molar-refractivity contribution in [1.82, 2.24) is 10.2 Å². The van der Waals surface area contributed by atoms with Crippen LogP contribution in [0, 0.1) is 0 Å². The zero-order chi connectivity index (χ0) is 8.85. The summed E-state index contributed by atoms with van der Waals surface area (Å²) in [6, 6.07) is 0.636. The summed E-state index contributed by atoms with van der Waals surface area (Å²) < 4.78 is 0. The van der Waals surface area contributed by atoms with Gasteiger partial charge in [0.05, 0.1) is 6.61 Å². The minimum absolute atomic E-state index is 0.199. The van der Waals surface area contributed by atoms with E-state index in [1.54, 1.807) is 0 Å². The van der Waals surface area contributed by atoms with Crippen molar-refractivity contribution in [2.45, 2.75) is 25.9 Å². The molecule has 0 saturated carbocycles. The van der Waals surface area contributed by atoms with Crippen LogP contribution in [0.15, 0.2) is 0 Å². The molecule has 1 unspecified atom stereocenters. The normalized spacial score (nSPS) is 14.5. The third-order valence-electron chi connectivity index (χ3n) is 1.37. The number of nitrogens with one attached hydrogen (secondary N) is 1. The van der Waals surface area contributed by atoms with Gasteiger partial charge in [0.1, 0.15) is 0 Å². The van der Waals surface area contributed by atoms with Gasteiger partial charge in [0.25, 0.3) is 0 Å². The molecule has 0 fully saturated rings. The van der Waals surface area contributed by atoms with Gasteiger partial charge in [-0.15, -0.1) is 0 Å². The lowest BCUT2D eigenvalue weighted by molar-refractivity contribution is 0.204. The van der Waals surface area contributed by atoms with Crippen LogP contribution < -0.4 is 5.32 Å². The Hall–Kier alpha value is -0.120. The Labute approximate surface area is 69.4 Å². The fraction of sp³-hybridized carbons (Fsp3) is 1.00. The summed E-state index contributed by atoms with van der Waals surface area (Å²) >= 11 is 0. The van der Waals surface area contributed by atoms with Crippen molar-refractivity contribution >= 4 is 0 Å². The average molecular weight is 160 g/mol. The van der Waals surface area contributed by atoms with Gasteiger partial charge in [0, 0.05) is 18.6 Å². The van der Waals surface area contributed by atoms with Gasteiger partial charge in [-0.1, -0.05) is 13.8 Å². The Morgan fingerprint density at radius 2 is 1.91 bits per heavy atom. The van der Waals surface area contributed by atoms with E-state index in [1.807, 2.05) is 14.1 Å². The number of likely N-dealkylation sites (N-methyl/N-ethyl adjacent to an activating group) is 1. The highest BCUT2D eigenvalue weighted by Gasteiger charge is 2.08. The molecule has 0 aliphatic heterocycles. The number of aliphatic hydroxyl groups excluding tert-OH is 1. The van der Waals surface area contributed by atoms with Gasteiger partial charge in [-0.3, -0.25) is 0 Å². The summed E-state index contributed by atoms with van der Waals surface area (Å²) in [4.78, 5) is 2.07. The first-order chi connectivity index (χ1) is 5.06. The molecule has 0 aromatic rings. The molecule has 68 valence electrons. The summed E-state index contributed by atoms with van der Waals surface area (Å²) in [7, 11) is 4.01. The predicted molar refractivity (Wildman–Crippen MR) is 47.7 cm³/mol. The van der Waals surface area contributed by atoms with E-state index in [9.17, 15) is 0 Å². The first kappa shape index (κ1) is 10.9. The first-order valence-corrected chi connectivity index (χ1v) is 4.08. The van der Waals surface area contributed by atoms with Gasteiger partial charge >= 0.3 is 0 Å². The maximum Gasteiger partial charge on any atom is 0.0597 e. The smallest absolute Gasteiger partial charge is 0.0597 e. The van der Waals surface area contributed by atoms with E-state index in [-0.39, 0.29) is 12.6 Å². The maximum atomic E-state index is 8.93. The Balaban J connectivity index is 3.58. The summed E-state index contributed by atoms with van der Waals surface area (Å²) in [5.41, 5.74) is 0. The minimum atomic E-state index is 0.199. The second-order valence-electron chi connectivity index (χ2n) is 3.46. The quantitative estimate of drug-likeness (QED) is 0.590. The van der Waals surface area contributed by atoms with Crippen molar-refractivity contribution < 1.29 is 5.11 Å². The van der Waals surface area contributed by atoms with Crippen LogP contribution in [0.2, 0.25) is 0 Å². The molecular formula is C8H20N2O. The van der Waals surface area contributed by atoms with E-state index in [0.717, 1.165) is 6.54 Å². The molecule has 0 saturated heterocycles. The molecule has 2 N–H and O–H groups in total. The van der Waals surface area contributed by atoms with Gasteiger partial charge in [-0.25, -0.2) is 0 Å². The van der Waals surface area contributed by atoms with E-state index in [1.165, 1.54) is 0 Å². The number of hydrogen-bond donors (Lipinski definition) is 2. The molecule has 1 atom stereocenters. The molecule has 0 spiro atoms. The number of aliphatic hydroxyl groups is 1. The topological polar surface area (TPSA) is 35.5 Å². The Bertz CT molecular complexity index is 84.1. The molecule has 11 heavy (non-hydrogen) atoms. The third-order valence-corrected chi connectivity index (χ3v) is 1.37. The van der Waals surface area contributed by atoms with Crippen molar-refractivity contribution in [1.29, 1.82) is 0 Å². The summed E-state index contributed by atoms with van der Waals surface area (Å²) in [5, 5.41) is 12.2. The highest BCUT2D eigenvalue weighted by Crippen LogP contribution is 1.88. The third kappa shape index (κ3) is 6.28. The van der Waals surface area contributed by atoms with Crippen LogP contribution in [-0.4, -0.2) is 49.3 Å². The monoisotopic (exact) mass is 160 g/mol.